The molecule has 0 aromatic heterocycles. The van der Waals surface area contributed by atoms with E-state index in [0.29, 0.717) is 5.92 Å². The van der Waals surface area contributed by atoms with E-state index >= 15 is 0 Å². The average molecular weight is 310 g/mol. The second-order valence-electron chi connectivity index (χ2n) is 5.70. The van der Waals surface area contributed by atoms with Crippen LogP contribution in [0.1, 0.15) is 23.2 Å². The van der Waals surface area contributed by atoms with Gasteiger partial charge in [-0.3, -0.25) is 0 Å². The van der Waals surface area contributed by atoms with Gasteiger partial charge in [-0.25, -0.2) is 17.9 Å². The third-order valence-corrected chi connectivity index (χ3v) is 5.84. The highest BCUT2D eigenvalue weighted by Gasteiger charge is 2.36. The summed E-state index contributed by atoms with van der Waals surface area (Å²) in [4.78, 5) is 13.2. The van der Waals surface area contributed by atoms with Crippen LogP contribution in [0.2, 0.25) is 0 Å². The number of carboxylic acid groups (broad SMARTS) is 1. The molecule has 114 valence electrons. The third-order valence-electron chi connectivity index (χ3n) is 4.35. The van der Waals surface area contributed by atoms with Crippen LogP contribution in [0, 0.1) is 5.92 Å². The Morgan fingerprint density at radius 3 is 2.57 bits per heavy atom. The molecule has 0 radical (unpaired) electrons. The molecular weight excluding hydrogens is 292 g/mol. The van der Waals surface area contributed by atoms with Gasteiger partial charge in [-0.1, -0.05) is 6.07 Å². The Hall–Kier alpha value is -1.44. The van der Waals surface area contributed by atoms with Crippen molar-refractivity contribution in [3.8, 4) is 0 Å². The van der Waals surface area contributed by atoms with E-state index in [4.69, 9.17) is 5.11 Å². The SMILES string of the molecule is O=C(O)c1cccc(S(=O)(=O)NC2CN3CCC2CC3)c1. The maximum atomic E-state index is 12.4. The van der Waals surface area contributed by atoms with E-state index in [2.05, 4.69) is 9.62 Å². The molecule has 2 bridgehead atoms. The Morgan fingerprint density at radius 1 is 1.29 bits per heavy atom. The Bertz CT molecular complexity index is 651. The van der Waals surface area contributed by atoms with Crippen molar-refractivity contribution < 1.29 is 18.3 Å². The van der Waals surface area contributed by atoms with Gasteiger partial charge in [0.05, 0.1) is 10.5 Å². The molecular formula is C14H18N2O4S. The molecule has 1 aromatic carbocycles. The van der Waals surface area contributed by atoms with Crippen LogP contribution >= 0.6 is 0 Å². The highest BCUT2D eigenvalue weighted by Crippen LogP contribution is 2.28. The van der Waals surface area contributed by atoms with Crippen molar-refractivity contribution in [2.75, 3.05) is 19.6 Å². The molecule has 0 saturated carbocycles. The molecule has 21 heavy (non-hydrogen) atoms. The second-order valence-corrected chi connectivity index (χ2v) is 7.41. The van der Waals surface area contributed by atoms with Gasteiger partial charge in [0.15, 0.2) is 0 Å². The van der Waals surface area contributed by atoms with Crippen LogP contribution in [0.4, 0.5) is 0 Å². The van der Waals surface area contributed by atoms with Gasteiger partial charge in [0.2, 0.25) is 10.0 Å². The molecule has 3 fully saturated rings. The number of rotatable bonds is 4. The molecule has 0 aliphatic carbocycles. The predicted molar refractivity (Wildman–Crippen MR) is 76.7 cm³/mol. The molecule has 2 N–H and O–H groups in total. The number of piperidine rings is 3. The quantitative estimate of drug-likeness (QED) is 0.857. The van der Waals surface area contributed by atoms with E-state index in [9.17, 15) is 13.2 Å². The van der Waals surface area contributed by atoms with E-state index in [0.717, 1.165) is 32.5 Å². The minimum atomic E-state index is -3.68. The largest absolute Gasteiger partial charge is 0.478 e. The zero-order chi connectivity index (χ0) is 15.0. The number of hydrogen-bond donors (Lipinski definition) is 2. The number of nitrogens with one attached hydrogen (secondary N) is 1. The van der Waals surface area contributed by atoms with Gasteiger partial charge in [0.1, 0.15) is 0 Å². The molecule has 0 spiro atoms. The average Bonchev–Trinajstić information content (AvgIpc) is 2.48. The van der Waals surface area contributed by atoms with Gasteiger partial charge in [-0.05, 0) is 50.0 Å². The summed E-state index contributed by atoms with van der Waals surface area (Å²) < 4.78 is 27.6. The van der Waals surface area contributed by atoms with Crippen LogP contribution in [0.5, 0.6) is 0 Å². The first kappa shape index (κ1) is 14.5. The lowest BCUT2D eigenvalue weighted by molar-refractivity contribution is 0.0696. The summed E-state index contributed by atoms with van der Waals surface area (Å²) in [6, 6.07) is 5.39. The van der Waals surface area contributed by atoms with Crippen LogP contribution in [-0.4, -0.2) is 50.1 Å². The van der Waals surface area contributed by atoms with Crippen molar-refractivity contribution in [1.82, 2.24) is 9.62 Å². The van der Waals surface area contributed by atoms with Gasteiger partial charge in [0.25, 0.3) is 0 Å². The van der Waals surface area contributed by atoms with Crippen LogP contribution in [0.15, 0.2) is 29.2 Å². The molecule has 6 nitrogen and oxygen atoms in total. The minimum absolute atomic E-state index is 0.0128. The number of fused-ring (bicyclic) bond motifs is 3. The van der Waals surface area contributed by atoms with Crippen molar-refractivity contribution >= 4 is 16.0 Å². The van der Waals surface area contributed by atoms with E-state index in [1.807, 2.05) is 0 Å². The number of nitrogens with zero attached hydrogens (tertiary/aromatic N) is 1. The molecule has 3 heterocycles. The smallest absolute Gasteiger partial charge is 0.335 e. The highest BCUT2D eigenvalue weighted by atomic mass is 32.2. The van der Waals surface area contributed by atoms with Crippen LogP contribution < -0.4 is 4.72 Å². The topological polar surface area (TPSA) is 86.7 Å². The van der Waals surface area contributed by atoms with Crippen molar-refractivity contribution in [3.05, 3.63) is 29.8 Å². The summed E-state index contributed by atoms with van der Waals surface area (Å²) in [5.74, 6) is -0.748. The Labute approximate surface area is 123 Å². The van der Waals surface area contributed by atoms with Crippen molar-refractivity contribution in [1.29, 1.82) is 0 Å². The molecule has 4 rings (SSSR count). The van der Waals surface area contributed by atoms with E-state index in [-0.39, 0.29) is 16.5 Å². The van der Waals surface area contributed by atoms with Crippen molar-refractivity contribution in [3.63, 3.8) is 0 Å². The first-order chi connectivity index (χ1) is 9.95. The Kier molecular flexibility index (Phi) is 3.73. The molecule has 0 amide bonds. The number of carbonyl (C=O) groups is 1. The lowest BCUT2D eigenvalue weighted by Gasteiger charge is -2.44. The first-order valence-electron chi connectivity index (χ1n) is 7.04. The zero-order valence-electron chi connectivity index (χ0n) is 11.5. The molecule has 3 aliphatic rings. The summed E-state index contributed by atoms with van der Waals surface area (Å²) in [6.45, 7) is 2.82. The summed E-state index contributed by atoms with van der Waals surface area (Å²) >= 11 is 0. The monoisotopic (exact) mass is 310 g/mol. The standard InChI is InChI=1S/C14H18N2O4S/c17-14(18)11-2-1-3-12(8-11)21(19,20)15-13-9-16-6-4-10(13)5-7-16/h1-3,8,10,13,15H,4-7,9H2,(H,17,18). The molecule has 3 aliphatic heterocycles. The summed E-state index contributed by atoms with van der Waals surface area (Å²) in [6.07, 6.45) is 2.03. The third kappa shape index (κ3) is 2.95. The lowest BCUT2D eigenvalue weighted by atomic mass is 9.85. The normalized spacial score (nSPS) is 28.5. The zero-order valence-corrected chi connectivity index (χ0v) is 12.3. The fourth-order valence-electron chi connectivity index (χ4n) is 3.16. The fourth-order valence-corrected chi connectivity index (χ4v) is 4.50. The predicted octanol–water partition coefficient (Wildman–Crippen LogP) is 0.757. The summed E-state index contributed by atoms with van der Waals surface area (Å²) in [5.41, 5.74) is -0.0215. The van der Waals surface area contributed by atoms with Crippen LogP contribution in [-0.2, 0) is 10.0 Å². The van der Waals surface area contributed by atoms with Crippen LogP contribution in [0.3, 0.4) is 0 Å². The molecule has 3 saturated heterocycles. The van der Waals surface area contributed by atoms with E-state index in [1.54, 1.807) is 0 Å². The minimum Gasteiger partial charge on any atom is -0.478 e. The molecule has 7 heteroatoms. The van der Waals surface area contributed by atoms with Gasteiger partial charge >= 0.3 is 5.97 Å². The van der Waals surface area contributed by atoms with Gasteiger partial charge in [-0.15, -0.1) is 0 Å². The lowest BCUT2D eigenvalue weighted by Crippen LogP contribution is -2.57. The maximum absolute atomic E-state index is 12.4. The molecule has 1 atom stereocenters. The Morgan fingerprint density at radius 2 is 2.00 bits per heavy atom. The number of sulfonamides is 1. The van der Waals surface area contributed by atoms with Crippen molar-refractivity contribution in [2.24, 2.45) is 5.92 Å². The number of carboxylic acids is 1. The number of benzene rings is 1. The van der Waals surface area contributed by atoms with Gasteiger partial charge in [-0.2, -0.15) is 0 Å². The summed E-state index contributed by atoms with van der Waals surface area (Å²) in [5, 5.41) is 8.96. The van der Waals surface area contributed by atoms with Crippen molar-refractivity contribution in [2.45, 2.75) is 23.8 Å². The van der Waals surface area contributed by atoms with E-state index in [1.165, 1.54) is 24.3 Å². The highest BCUT2D eigenvalue weighted by molar-refractivity contribution is 7.89. The second kappa shape index (κ2) is 5.40. The number of hydrogen-bond acceptors (Lipinski definition) is 4. The maximum Gasteiger partial charge on any atom is 0.335 e. The van der Waals surface area contributed by atoms with E-state index < -0.39 is 16.0 Å². The van der Waals surface area contributed by atoms with Gasteiger partial charge in [0, 0.05) is 12.6 Å². The summed E-state index contributed by atoms with van der Waals surface area (Å²) in [7, 11) is -3.68. The fraction of sp³-hybridized carbons (Fsp3) is 0.500. The first-order valence-corrected chi connectivity index (χ1v) is 8.52. The molecule has 1 aromatic rings. The Balaban J connectivity index is 1.81. The van der Waals surface area contributed by atoms with Crippen LogP contribution in [0.25, 0.3) is 0 Å². The molecule has 1 unspecified atom stereocenters. The number of aromatic carboxylic acids is 1. The van der Waals surface area contributed by atoms with Gasteiger partial charge < -0.3 is 10.0 Å².